The van der Waals surface area contributed by atoms with Gasteiger partial charge in [-0.3, -0.25) is 0 Å². The summed E-state index contributed by atoms with van der Waals surface area (Å²) < 4.78 is 5.31. The zero-order valence-electron chi connectivity index (χ0n) is 11.1. The Kier molecular flexibility index (Phi) is 3.28. The lowest BCUT2D eigenvalue weighted by Gasteiger charge is -2.16. The fraction of sp³-hybridized carbons (Fsp3) is 0.467. The van der Waals surface area contributed by atoms with Gasteiger partial charge in [0, 0.05) is 18.5 Å². The van der Waals surface area contributed by atoms with E-state index in [0.29, 0.717) is 19.7 Å². The third-order valence-electron chi connectivity index (χ3n) is 4.20. The van der Waals surface area contributed by atoms with Crippen LogP contribution in [0.3, 0.4) is 0 Å². The predicted octanol–water partition coefficient (Wildman–Crippen LogP) is 2.12. The van der Waals surface area contributed by atoms with Crippen molar-refractivity contribution in [2.75, 3.05) is 13.1 Å². The van der Waals surface area contributed by atoms with Gasteiger partial charge in [0.15, 0.2) is 0 Å². The van der Waals surface area contributed by atoms with E-state index >= 15 is 0 Å². The van der Waals surface area contributed by atoms with Crippen molar-refractivity contribution in [3.63, 3.8) is 0 Å². The van der Waals surface area contributed by atoms with E-state index < -0.39 is 0 Å². The first kappa shape index (κ1) is 12.9. The summed E-state index contributed by atoms with van der Waals surface area (Å²) in [6.07, 6.45) is 3.10. The van der Waals surface area contributed by atoms with Gasteiger partial charge in [-0.1, -0.05) is 30.3 Å². The summed E-state index contributed by atoms with van der Waals surface area (Å²) >= 11 is 0. The van der Waals surface area contributed by atoms with E-state index in [0.717, 1.165) is 18.4 Å². The smallest absolute Gasteiger partial charge is 0.410 e. The van der Waals surface area contributed by atoms with Crippen molar-refractivity contribution >= 4 is 12.2 Å². The van der Waals surface area contributed by atoms with Crippen molar-refractivity contribution in [2.24, 2.45) is 10.4 Å². The lowest BCUT2D eigenvalue weighted by Crippen LogP contribution is -2.29. The van der Waals surface area contributed by atoms with Crippen LogP contribution in [0.4, 0.5) is 4.79 Å². The van der Waals surface area contributed by atoms with Gasteiger partial charge in [-0.15, -0.1) is 0 Å². The van der Waals surface area contributed by atoms with Crippen molar-refractivity contribution in [2.45, 2.75) is 25.5 Å². The Hall–Kier alpha value is -2.13. The number of hydrogen-bond acceptors (Lipinski definition) is 4. The SMILES string of the molecule is O=C=NC1CC12CCN(C(=O)OCc1ccccc1)C2. The maximum Gasteiger partial charge on any atom is 0.410 e. The molecule has 5 nitrogen and oxygen atoms in total. The Morgan fingerprint density at radius 2 is 2.25 bits per heavy atom. The predicted molar refractivity (Wildman–Crippen MR) is 71.8 cm³/mol. The van der Waals surface area contributed by atoms with Crippen molar-refractivity contribution in [3.8, 4) is 0 Å². The molecule has 0 bridgehead atoms. The molecule has 1 aromatic carbocycles. The normalized spacial score (nSPS) is 27.2. The van der Waals surface area contributed by atoms with Crippen molar-refractivity contribution in [3.05, 3.63) is 35.9 Å². The molecule has 2 unspecified atom stereocenters. The van der Waals surface area contributed by atoms with Gasteiger partial charge in [0.05, 0.1) is 6.04 Å². The molecule has 1 aliphatic heterocycles. The van der Waals surface area contributed by atoms with E-state index in [1.54, 1.807) is 11.0 Å². The highest BCUT2D eigenvalue weighted by Gasteiger charge is 2.59. The second-order valence-corrected chi connectivity index (χ2v) is 5.51. The van der Waals surface area contributed by atoms with Crippen LogP contribution in [-0.2, 0) is 16.1 Å². The fourth-order valence-electron chi connectivity index (χ4n) is 2.87. The zero-order valence-corrected chi connectivity index (χ0v) is 11.1. The number of likely N-dealkylation sites (tertiary alicyclic amines) is 1. The lowest BCUT2D eigenvalue weighted by molar-refractivity contribution is 0.102. The summed E-state index contributed by atoms with van der Waals surface area (Å²) in [5.74, 6) is 0. The minimum absolute atomic E-state index is 0.0170. The molecule has 5 heteroatoms. The highest BCUT2D eigenvalue weighted by atomic mass is 16.6. The molecule has 2 aliphatic rings. The van der Waals surface area contributed by atoms with Gasteiger partial charge < -0.3 is 9.64 Å². The number of carbonyl (C=O) groups is 1. The number of aliphatic imine (C=N–C) groups is 1. The van der Waals surface area contributed by atoms with Crippen LogP contribution < -0.4 is 0 Å². The molecule has 1 aromatic rings. The van der Waals surface area contributed by atoms with Gasteiger partial charge in [0.25, 0.3) is 0 Å². The molecule has 0 aromatic heterocycles. The van der Waals surface area contributed by atoms with Crippen LogP contribution in [-0.4, -0.2) is 36.2 Å². The number of amides is 1. The Bertz CT molecular complexity index is 553. The summed E-state index contributed by atoms with van der Waals surface area (Å²) in [4.78, 5) is 27.8. The highest BCUT2D eigenvalue weighted by Crippen LogP contribution is 2.54. The summed E-state index contributed by atoms with van der Waals surface area (Å²) in [5.41, 5.74) is 0.994. The molecule has 1 heterocycles. The molecule has 1 aliphatic carbocycles. The standard InChI is InChI=1S/C15H16N2O3/c18-11-16-13-8-15(13)6-7-17(10-15)14(19)20-9-12-4-2-1-3-5-12/h1-5,13H,6-10H2. The third kappa shape index (κ3) is 2.45. The van der Waals surface area contributed by atoms with E-state index in [1.807, 2.05) is 30.3 Å². The average Bonchev–Trinajstić information content (AvgIpc) is 2.95. The number of nitrogens with zero attached hydrogens (tertiary/aromatic N) is 2. The van der Waals surface area contributed by atoms with Gasteiger partial charge in [0.1, 0.15) is 6.61 Å². The summed E-state index contributed by atoms with van der Waals surface area (Å²) in [6, 6.07) is 9.66. The minimum Gasteiger partial charge on any atom is -0.445 e. The molecule has 1 spiro atoms. The van der Waals surface area contributed by atoms with E-state index in [1.165, 1.54) is 0 Å². The van der Waals surface area contributed by atoms with Gasteiger partial charge >= 0.3 is 6.09 Å². The van der Waals surface area contributed by atoms with Crippen LogP contribution in [0.2, 0.25) is 0 Å². The Morgan fingerprint density at radius 1 is 1.45 bits per heavy atom. The molecule has 1 amide bonds. The Balaban J connectivity index is 1.51. The Morgan fingerprint density at radius 3 is 3.00 bits per heavy atom. The van der Waals surface area contributed by atoms with E-state index in [4.69, 9.17) is 4.74 Å². The van der Waals surface area contributed by atoms with Crippen LogP contribution in [0.1, 0.15) is 18.4 Å². The second kappa shape index (κ2) is 5.10. The first-order valence-electron chi connectivity index (χ1n) is 6.76. The van der Waals surface area contributed by atoms with Crippen LogP contribution in [0.25, 0.3) is 0 Å². The summed E-state index contributed by atoms with van der Waals surface area (Å²) in [7, 11) is 0. The molecule has 20 heavy (non-hydrogen) atoms. The maximum absolute atomic E-state index is 12.0. The number of carbonyl (C=O) groups excluding carboxylic acids is 2. The van der Waals surface area contributed by atoms with Gasteiger partial charge in [-0.2, -0.15) is 0 Å². The van der Waals surface area contributed by atoms with Gasteiger partial charge in [-0.05, 0) is 18.4 Å². The molecule has 104 valence electrons. The largest absolute Gasteiger partial charge is 0.445 e. The maximum atomic E-state index is 12.0. The molecular formula is C15H16N2O3. The topological polar surface area (TPSA) is 59.0 Å². The minimum atomic E-state index is -0.286. The summed E-state index contributed by atoms with van der Waals surface area (Å²) in [6.45, 7) is 1.61. The molecule has 2 fully saturated rings. The van der Waals surface area contributed by atoms with Crippen LogP contribution in [0, 0.1) is 5.41 Å². The molecule has 3 rings (SSSR count). The molecule has 2 atom stereocenters. The van der Waals surface area contributed by atoms with Gasteiger partial charge in [-0.25, -0.2) is 14.6 Å². The number of isocyanates is 1. The van der Waals surface area contributed by atoms with Crippen LogP contribution >= 0.6 is 0 Å². The van der Waals surface area contributed by atoms with Crippen molar-refractivity contribution < 1.29 is 14.3 Å². The van der Waals surface area contributed by atoms with Gasteiger partial charge in [0.2, 0.25) is 6.08 Å². The first-order chi connectivity index (χ1) is 9.73. The lowest BCUT2D eigenvalue weighted by atomic mass is 10.1. The second-order valence-electron chi connectivity index (χ2n) is 5.51. The van der Waals surface area contributed by atoms with E-state index in [-0.39, 0.29) is 17.6 Å². The number of benzene rings is 1. The Labute approximate surface area is 117 Å². The zero-order chi connectivity index (χ0) is 14.0. The molecule has 0 N–H and O–H groups in total. The quantitative estimate of drug-likeness (QED) is 0.625. The van der Waals surface area contributed by atoms with E-state index in [2.05, 4.69) is 4.99 Å². The van der Waals surface area contributed by atoms with E-state index in [9.17, 15) is 9.59 Å². The molecule has 1 saturated heterocycles. The van der Waals surface area contributed by atoms with Crippen LogP contribution in [0.15, 0.2) is 35.3 Å². The monoisotopic (exact) mass is 272 g/mol. The fourth-order valence-corrected chi connectivity index (χ4v) is 2.87. The van der Waals surface area contributed by atoms with Crippen LogP contribution in [0.5, 0.6) is 0 Å². The highest BCUT2D eigenvalue weighted by molar-refractivity contribution is 5.68. The summed E-state index contributed by atoms with van der Waals surface area (Å²) in [5, 5.41) is 0. The number of ether oxygens (including phenoxy) is 1. The third-order valence-corrected chi connectivity index (χ3v) is 4.20. The van der Waals surface area contributed by atoms with Crippen molar-refractivity contribution in [1.29, 1.82) is 0 Å². The number of hydrogen-bond donors (Lipinski definition) is 0. The van der Waals surface area contributed by atoms with Crippen molar-refractivity contribution in [1.82, 2.24) is 4.90 Å². The first-order valence-corrected chi connectivity index (χ1v) is 6.76. The molecular weight excluding hydrogens is 256 g/mol. The molecule has 1 saturated carbocycles. The number of rotatable bonds is 3. The molecule has 0 radical (unpaired) electrons. The average molecular weight is 272 g/mol.